The van der Waals surface area contributed by atoms with E-state index < -0.39 is 23.7 Å². The molecule has 1 saturated carbocycles. The third-order valence-electron chi connectivity index (χ3n) is 6.35. The van der Waals surface area contributed by atoms with Crippen LogP contribution in [-0.2, 0) is 14.4 Å². The summed E-state index contributed by atoms with van der Waals surface area (Å²) in [6.45, 7) is 0.232. The number of rotatable bonds is 10. The number of hydroxylamine groups is 2. The van der Waals surface area contributed by atoms with Crippen molar-refractivity contribution in [2.24, 2.45) is 11.8 Å². The molecule has 3 N–H and O–H groups in total. The van der Waals surface area contributed by atoms with E-state index in [0.29, 0.717) is 36.8 Å². The van der Waals surface area contributed by atoms with E-state index in [0.717, 1.165) is 25.7 Å². The van der Waals surface area contributed by atoms with Gasteiger partial charge in [-0.2, -0.15) is 14.4 Å². The number of hydrogen-bond acceptors (Lipinski definition) is 8. The Morgan fingerprint density at radius 1 is 1.26 bits per heavy atom. The van der Waals surface area contributed by atoms with Crippen LogP contribution in [0, 0.1) is 17.7 Å². The lowest BCUT2D eigenvalue weighted by Gasteiger charge is -2.28. The Morgan fingerprint density at radius 3 is 2.62 bits per heavy atom. The lowest BCUT2D eigenvalue weighted by molar-refractivity contribution is -0.154. The van der Waals surface area contributed by atoms with Gasteiger partial charge in [-0.3, -0.25) is 30.4 Å². The fourth-order valence-electron chi connectivity index (χ4n) is 4.66. The molecule has 34 heavy (non-hydrogen) atoms. The van der Waals surface area contributed by atoms with Gasteiger partial charge in [-0.1, -0.05) is 25.7 Å². The predicted octanol–water partition coefficient (Wildman–Crippen LogP) is 1.81. The molecule has 3 amide bonds. The van der Waals surface area contributed by atoms with E-state index in [1.807, 2.05) is 0 Å². The first-order valence-corrected chi connectivity index (χ1v) is 11.8. The molecule has 0 aromatic carbocycles. The highest BCUT2D eigenvalue weighted by atomic mass is 35.5. The second kappa shape index (κ2) is 11.6. The summed E-state index contributed by atoms with van der Waals surface area (Å²) >= 11 is 6.03. The topological polar surface area (TPSA) is 131 Å². The molecule has 0 unspecified atom stereocenters. The summed E-state index contributed by atoms with van der Waals surface area (Å²) < 4.78 is 15.3. The van der Waals surface area contributed by atoms with Crippen molar-refractivity contribution in [3.8, 4) is 0 Å². The second-order valence-corrected chi connectivity index (χ2v) is 9.33. The van der Waals surface area contributed by atoms with E-state index in [4.69, 9.17) is 11.6 Å². The molecule has 2 fully saturated rings. The monoisotopic (exact) mass is 499 g/mol. The molecule has 1 aliphatic heterocycles. The van der Waals surface area contributed by atoms with Crippen LogP contribution in [-0.4, -0.2) is 76.6 Å². The van der Waals surface area contributed by atoms with Gasteiger partial charge in [0.05, 0.1) is 12.5 Å². The van der Waals surface area contributed by atoms with Crippen LogP contribution in [0.2, 0.25) is 5.28 Å². The predicted molar refractivity (Wildman–Crippen MR) is 122 cm³/mol. The molecule has 13 heteroatoms. The van der Waals surface area contributed by atoms with Crippen molar-refractivity contribution >= 4 is 41.5 Å². The maximum absolute atomic E-state index is 15.3. The minimum Gasteiger partial charge on any atom is -0.347 e. The average molecular weight is 500 g/mol. The van der Waals surface area contributed by atoms with Gasteiger partial charge in [0.25, 0.3) is 0 Å². The molecule has 0 spiro atoms. The quantitative estimate of drug-likeness (QED) is 0.192. The van der Waals surface area contributed by atoms with Crippen LogP contribution in [0.1, 0.15) is 44.9 Å². The smallest absolute Gasteiger partial charge is 0.244 e. The van der Waals surface area contributed by atoms with Crippen LogP contribution in [0.4, 0.5) is 16.0 Å². The Kier molecular flexibility index (Phi) is 8.84. The molecule has 0 radical (unpaired) electrons. The summed E-state index contributed by atoms with van der Waals surface area (Å²) in [6, 6.07) is -0.576. The standard InChI is InChI=1S/C21H31ClFN7O4/c1-28(2)20(33)15-8-5-9-30(15)18-16(23)17(24-21(22)25-18)26-27-19(32)14(11-29(34)12-31)10-13-6-3-4-7-13/h12-15,34H,3-11H2,1-2H3,(H,27,32)(H,24,25,26)/t14-,15+/m1/s1. The fraction of sp³-hybridized carbons (Fsp3) is 0.667. The van der Waals surface area contributed by atoms with Crippen molar-refractivity contribution in [2.45, 2.75) is 51.0 Å². The largest absolute Gasteiger partial charge is 0.347 e. The zero-order chi connectivity index (χ0) is 24.8. The highest BCUT2D eigenvalue weighted by Gasteiger charge is 2.35. The number of carbonyl (C=O) groups is 3. The Morgan fingerprint density at radius 2 is 1.97 bits per heavy atom. The van der Waals surface area contributed by atoms with Gasteiger partial charge in [0.2, 0.25) is 29.3 Å². The number of amides is 3. The molecule has 1 aromatic rings. The number of carbonyl (C=O) groups excluding carboxylic acids is 3. The maximum Gasteiger partial charge on any atom is 0.244 e. The molecular weight excluding hydrogens is 469 g/mol. The zero-order valence-corrected chi connectivity index (χ0v) is 20.1. The van der Waals surface area contributed by atoms with Crippen molar-refractivity contribution in [3.63, 3.8) is 0 Å². The Balaban J connectivity index is 1.74. The van der Waals surface area contributed by atoms with E-state index in [-0.39, 0.29) is 35.8 Å². The molecule has 1 saturated heterocycles. The zero-order valence-electron chi connectivity index (χ0n) is 19.3. The fourth-order valence-corrected chi connectivity index (χ4v) is 4.83. The van der Waals surface area contributed by atoms with E-state index in [1.54, 1.807) is 19.0 Å². The van der Waals surface area contributed by atoms with Crippen LogP contribution in [0.5, 0.6) is 0 Å². The number of anilines is 2. The van der Waals surface area contributed by atoms with Crippen molar-refractivity contribution in [1.82, 2.24) is 25.4 Å². The van der Waals surface area contributed by atoms with Gasteiger partial charge in [-0.25, -0.2) is 5.06 Å². The van der Waals surface area contributed by atoms with E-state index in [2.05, 4.69) is 20.8 Å². The van der Waals surface area contributed by atoms with Crippen LogP contribution in [0.3, 0.4) is 0 Å². The number of hydrogen-bond donors (Lipinski definition) is 3. The van der Waals surface area contributed by atoms with Crippen molar-refractivity contribution < 1.29 is 24.0 Å². The minimum absolute atomic E-state index is 0.126. The van der Waals surface area contributed by atoms with Crippen LogP contribution >= 0.6 is 11.6 Å². The summed E-state index contributed by atoms with van der Waals surface area (Å²) in [5, 5.41) is 9.79. The van der Waals surface area contributed by atoms with Gasteiger partial charge in [0.15, 0.2) is 11.6 Å². The lowest BCUT2D eigenvalue weighted by atomic mass is 9.92. The van der Waals surface area contributed by atoms with Crippen LogP contribution in [0.15, 0.2) is 0 Å². The first-order chi connectivity index (χ1) is 16.2. The molecule has 1 aromatic heterocycles. The van der Waals surface area contributed by atoms with Gasteiger partial charge in [-0.05, 0) is 36.8 Å². The molecule has 2 heterocycles. The molecular formula is C21H31ClFN7O4. The van der Waals surface area contributed by atoms with Crippen molar-refractivity contribution in [2.75, 3.05) is 37.5 Å². The van der Waals surface area contributed by atoms with E-state index in [1.165, 1.54) is 4.90 Å². The number of hydrazine groups is 1. The van der Waals surface area contributed by atoms with E-state index in [9.17, 15) is 19.6 Å². The highest BCUT2D eigenvalue weighted by Crippen LogP contribution is 2.32. The second-order valence-electron chi connectivity index (χ2n) is 8.99. The van der Waals surface area contributed by atoms with Crippen molar-refractivity contribution in [1.29, 1.82) is 0 Å². The lowest BCUT2D eigenvalue weighted by Crippen LogP contribution is -2.44. The van der Waals surface area contributed by atoms with Gasteiger partial charge in [0, 0.05) is 20.6 Å². The maximum atomic E-state index is 15.3. The highest BCUT2D eigenvalue weighted by molar-refractivity contribution is 6.28. The molecule has 2 atom stereocenters. The van der Waals surface area contributed by atoms with Gasteiger partial charge in [0.1, 0.15) is 6.04 Å². The molecule has 0 bridgehead atoms. The first-order valence-electron chi connectivity index (χ1n) is 11.4. The van der Waals surface area contributed by atoms with Crippen molar-refractivity contribution in [3.05, 3.63) is 11.1 Å². The average Bonchev–Trinajstić information content (AvgIpc) is 3.50. The number of nitrogens with zero attached hydrogens (tertiary/aromatic N) is 5. The third-order valence-corrected chi connectivity index (χ3v) is 6.52. The Hall–Kier alpha value is -2.73. The molecule has 1 aliphatic carbocycles. The normalized spacial score (nSPS) is 19.1. The molecule has 2 aliphatic rings. The number of halogens is 2. The van der Waals surface area contributed by atoms with Gasteiger partial charge < -0.3 is 9.80 Å². The van der Waals surface area contributed by atoms with Gasteiger partial charge >= 0.3 is 0 Å². The Labute approximate surface area is 202 Å². The van der Waals surface area contributed by atoms with E-state index >= 15 is 4.39 Å². The summed E-state index contributed by atoms with van der Waals surface area (Å²) in [7, 11) is 3.26. The summed E-state index contributed by atoms with van der Waals surface area (Å²) in [5.74, 6) is -2.41. The summed E-state index contributed by atoms with van der Waals surface area (Å²) in [5.41, 5.74) is 4.88. The molecule has 188 valence electrons. The summed E-state index contributed by atoms with van der Waals surface area (Å²) in [6.07, 6.45) is 6.07. The first kappa shape index (κ1) is 25.9. The number of aromatic nitrogens is 2. The van der Waals surface area contributed by atoms with Crippen LogP contribution < -0.4 is 15.8 Å². The SMILES string of the molecule is CN(C)C(=O)[C@@H]1CCCN1c1nc(Cl)nc(NNC(=O)[C@H](CC2CCCC2)CN(O)C=O)c1F. The van der Waals surface area contributed by atoms with Crippen LogP contribution in [0.25, 0.3) is 0 Å². The number of nitrogens with one attached hydrogen (secondary N) is 2. The number of likely N-dealkylation sites (N-methyl/N-ethyl adjacent to an activating group) is 1. The van der Waals surface area contributed by atoms with Gasteiger partial charge in [-0.15, -0.1) is 0 Å². The Bertz CT molecular complexity index is 900. The summed E-state index contributed by atoms with van der Waals surface area (Å²) in [4.78, 5) is 47.0. The third kappa shape index (κ3) is 6.23. The minimum atomic E-state index is -0.854. The molecule has 11 nitrogen and oxygen atoms in total. The molecule has 3 rings (SSSR count).